The Morgan fingerprint density at radius 3 is 2.94 bits per heavy atom. The fraction of sp³-hybridized carbons (Fsp3) is 0.308. The zero-order valence-electron chi connectivity index (χ0n) is 10.00. The lowest BCUT2D eigenvalue weighted by Gasteiger charge is -2.15. The summed E-state index contributed by atoms with van der Waals surface area (Å²) in [6.45, 7) is 7.55. The van der Waals surface area contributed by atoms with Gasteiger partial charge in [0.2, 0.25) is 0 Å². The van der Waals surface area contributed by atoms with Crippen LogP contribution >= 0.6 is 11.6 Å². The average Bonchev–Trinajstić information content (AvgIpc) is 2.29. The topological polar surface area (TPSA) is 38.3 Å². The van der Waals surface area contributed by atoms with E-state index in [4.69, 9.17) is 16.3 Å². The minimum atomic E-state index is -0.546. The molecule has 0 spiro atoms. The fourth-order valence-electron chi connectivity index (χ4n) is 1.31. The van der Waals surface area contributed by atoms with Crippen LogP contribution < -0.4 is 10.1 Å². The first-order valence-corrected chi connectivity index (χ1v) is 5.74. The molecule has 0 heterocycles. The Labute approximate surface area is 106 Å². The van der Waals surface area contributed by atoms with Gasteiger partial charge in [-0.1, -0.05) is 17.7 Å². The highest BCUT2D eigenvalue weighted by Gasteiger charge is 2.14. The average molecular weight is 254 g/mol. The molecule has 1 amide bonds. The van der Waals surface area contributed by atoms with Crippen molar-refractivity contribution in [2.24, 2.45) is 0 Å². The Kier molecular flexibility index (Phi) is 5.04. The smallest absolute Gasteiger partial charge is 0.261 e. The van der Waals surface area contributed by atoms with E-state index < -0.39 is 6.10 Å². The normalized spacial score (nSPS) is 11.7. The quantitative estimate of drug-likeness (QED) is 0.820. The van der Waals surface area contributed by atoms with Gasteiger partial charge in [-0.05, 0) is 37.6 Å². The maximum atomic E-state index is 11.6. The highest BCUT2D eigenvalue weighted by molar-refractivity contribution is 6.30. The first-order valence-electron chi connectivity index (χ1n) is 5.36. The van der Waals surface area contributed by atoms with Crippen LogP contribution in [-0.4, -0.2) is 18.6 Å². The van der Waals surface area contributed by atoms with Crippen molar-refractivity contribution in [3.8, 4) is 5.75 Å². The van der Waals surface area contributed by atoms with Crippen molar-refractivity contribution in [1.29, 1.82) is 0 Å². The van der Waals surface area contributed by atoms with Crippen LogP contribution in [0.2, 0.25) is 5.02 Å². The van der Waals surface area contributed by atoms with Crippen molar-refractivity contribution >= 4 is 17.5 Å². The van der Waals surface area contributed by atoms with Gasteiger partial charge in [-0.15, -0.1) is 6.58 Å². The molecule has 0 aliphatic rings. The minimum Gasteiger partial charge on any atom is -0.481 e. The molecule has 1 rings (SSSR count). The number of rotatable bonds is 5. The molecule has 1 aromatic carbocycles. The molecule has 17 heavy (non-hydrogen) atoms. The molecular formula is C13H16ClNO2. The van der Waals surface area contributed by atoms with Crippen molar-refractivity contribution in [3.05, 3.63) is 41.4 Å². The molecule has 0 bridgehead atoms. The highest BCUT2D eigenvalue weighted by atomic mass is 35.5. The Morgan fingerprint density at radius 1 is 1.65 bits per heavy atom. The van der Waals surface area contributed by atoms with Gasteiger partial charge in [0.1, 0.15) is 5.75 Å². The van der Waals surface area contributed by atoms with E-state index in [1.807, 2.05) is 6.92 Å². The van der Waals surface area contributed by atoms with Crippen LogP contribution in [0, 0.1) is 6.92 Å². The minimum absolute atomic E-state index is 0.167. The number of nitrogens with one attached hydrogen (secondary N) is 1. The summed E-state index contributed by atoms with van der Waals surface area (Å²) in [4.78, 5) is 11.6. The third kappa shape index (κ3) is 4.11. The van der Waals surface area contributed by atoms with Crippen LogP contribution in [0.1, 0.15) is 12.5 Å². The number of ether oxygens (including phenoxy) is 1. The summed E-state index contributed by atoms with van der Waals surface area (Å²) in [6, 6.07) is 5.29. The maximum Gasteiger partial charge on any atom is 0.261 e. The Hall–Kier alpha value is -1.48. The van der Waals surface area contributed by atoms with Gasteiger partial charge in [-0.3, -0.25) is 4.79 Å². The number of carbonyl (C=O) groups excluding carboxylic acids is 1. The molecule has 0 aliphatic heterocycles. The lowest BCUT2D eigenvalue weighted by molar-refractivity contribution is -0.127. The predicted molar refractivity (Wildman–Crippen MR) is 69.5 cm³/mol. The van der Waals surface area contributed by atoms with Crippen molar-refractivity contribution in [3.63, 3.8) is 0 Å². The Balaban J connectivity index is 2.64. The zero-order valence-corrected chi connectivity index (χ0v) is 10.8. The van der Waals surface area contributed by atoms with Crippen LogP contribution in [-0.2, 0) is 4.79 Å². The molecule has 0 aliphatic carbocycles. The van der Waals surface area contributed by atoms with Gasteiger partial charge in [-0.2, -0.15) is 0 Å². The fourth-order valence-corrected chi connectivity index (χ4v) is 1.53. The van der Waals surface area contributed by atoms with Crippen molar-refractivity contribution < 1.29 is 9.53 Å². The van der Waals surface area contributed by atoms with Gasteiger partial charge < -0.3 is 10.1 Å². The first kappa shape index (κ1) is 13.6. The van der Waals surface area contributed by atoms with E-state index >= 15 is 0 Å². The summed E-state index contributed by atoms with van der Waals surface area (Å²) >= 11 is 5.84. The second-order valence-corrected chi connectivity index (χ2v) is 4.14. The Morgan fingerprint density at radius 2 is 2.35 bits per heavy atom. The van der Waals surface area contributed by atoms with E-state index in [-0.39, 0.29) is 5.91 Å². The molecule has 92 valence electrons. The van der Waals surface area contributed by atoms with Gasteiger partial charge >= 0.3 is 0 Å². The number of benzene rings is 1. The predicted octanol–water partition coefficient (Wildman–Crippen LogP) is 2.72. The van der Waals surface area contributed by atoms with Gasteiger partial charge in [0.25, 0.3) is 5.91 Å². The number of aryl methyl sites for hydroxylation is 1. The summed E-state index contributed by atoms with van der Waals surface area (Å²) in [6.07, 6.45) is 1.08. The van der Waals surface area contributed by atoms with Crippen molar-refractivity contribution in [2.75, 3.05) is 6.54 Å². The van der Waals surface area contributed by atoms with Crippen LogP contribution in [0.25, 0.3) is 0 Å². The molecular weight excluding hydrogens is 238 g/mol. The summed E-state index contributed by atoms with van der Waals surface area (Å²) in [5.74, 6) is 0.495. The lowest BCUT2D eigenvalue weighted by Crippen LogP contribution is -2.36. The largest absolute Gasteiger partial charge is 0.481 e. The molecule has 1 atom stereocenters. The van der Waals surface area contributed by atoms with E-state index in [0.717, 1.165) is 5.56 Å². The number of hydrogen-bond donors (Lipinski definition) is 1. The van der Waals surface area contributed by atoms with E-state index in [1.165, 1.54) is 0 Å². The molecule has 0 unspecified atom stereocenters. The van der Waals surface area contributed by atoms with Gasteiger partial charge in [-0.25, -0.2) is 0 Å². The molecule has 0 aromatic heterocycles. The number of hydrogen-bond acceptors (Lipinski definition) is 2. The molecule has 1 aromatic rings. The molecule has 3 nitrogen and oxygen atoms in total. The van der Waals surface area contributed by atoms with Crippen LogP contribution in [0.3, 0.4) is 0 Å². The second-order valence-electron chi connectivity index (χ2n) is 3.70. The lowest BCUT2D eigenvalue weighted by atomic mass is 10.2. The third-order valence-electron chi connectivity index (χ3n) is 2.23. The van der Waals surface area contributed by atoms with Crippen LogP contribution in [0.4, 0.5) is 0 Å². The summed E-state index contributed by atoms with van der Waals surface area (Å²) in [5, 5.41) is 3.33. The monoisotopic (exact) mass is 253 g/mol. The number of carbonyl (C=O) groups is 1. The third-order valence-corrected chi connectivity index (χ3v) is 2.47. The molecule has 0 saturated heterocycles. The van der Waals surface area contributed by atoms with Crippen LogP contribution in [0.15, 0.2) is 30.9 Å². The maximum absolute atomic E-state index is 11.6. The van der Waals surface area contributed by atoms with Crippen molar-refractivity contribution in [2.45, 2.75) is 20.0 Å². The van der Waals surface area contributed by atoms with E-state index in [9.17, 15) is 4.79 Å². The van der Waals surface area contributed by atoms with E-state index in [2.05, 4.69) is 11.9 Å². The summed E-state index contributed by atoms with van der Waals surface area (Å²) in [5.41, 5.74) is 0.904. The van der Waals surface area contributed by atoms with Gasteiger partial charge in [0, 0.05) is 11.6 Å². The molecule has 0 saturated carbocycles. The van der Waals surface area contributed by atoms with Gasteiger partial charge in [0.05, 0.1) is 0 Å². The first-order chi connectivity index (χ1) is 8.04. The van der Waals surface area contributed by atoms with Crippen molar-refractivity contribution in [1.82, 2.24) is 5.32 Å². The molecule has 0 fully saturated rings. The second kappa shape index (κ2) is 6.30. The summed E-state index contributed by atoms with van der Waals surface area (Å²) in [7, 11) is 0. The standard InChI is InChI=1S/C13H16ClNO2/c1-4-7-15-13(16)10(3)17-12-6-5-11(14)8-9(12)2/h4-6,8,10H,1,7H2,2-3H3,(H,15,16)/t10-/m1/s1. The number of halogens is 1. The molecule has 0 radical (unpaired) electrons. The van der Waals surface area contributed by atoms with E-state index in [0.29, 0.717) is 17.3 Å². The number of amides is 1. The summed E-state index contributed by atoms with van der Waals surface area (Å²) < 4.78 is 5.55. The molecule has 1 N–H and O–H groups in total. The SMILES string of the molecule is C=CCNC(=O)[C@@H](C)Oc1ccc(Cl)cc1C. The highest BCUT2D eigenvalue weighted by Crippen LogP contribution is 2.22. The molecule has 4 heteroatoms. The van der Waals surface area contributed by atoms with Crippen LogP contribution in [0.5, 0.6) is 5.75 Å². The van der Waals surface area contributed by atoms with E-state index in [1.54, 1.807) is 31.2 Å². The zero-order chi connectivity index (χ0) is 12.8. The Bertz CT molecular complexity index is 418. The van der Waals surface area contributed by atoms with Gasteiger partial charge in [0.15, 0.2) is 6.10 Å².